The van der Waals surface area contributed by atoms with E-state index in [0.29, 0.717) is 5.69 Å². The van der Waals surface area contributed by atoms with Crippen LogP contribution in [0.15, 0.2) is 24.3 Å². The fraction of sp³-hybridized carbons (Fsp3) is 0.250. The molecule has 0 aromatic heterocycles. The molecule has 6 heteroatoms. The van der Waals surface area contributed by atoms with Gasteiger partial charge in [0.05, 0.1) is 5.69 Å². The van der Waals surface area contributed by atoms with Gasteiger partial charge < -0.3 is 9.46 Å². The van der Waals surface area contributed by atoms with Gasteiger partial charge in [0.1, 0.15) is 5.75 Å². The highest BCUT2D eigenvalue weighted by molar-refractivity contribution is 7.81. The predicted octanol–water partition coefficient (Wildman–Crippen LogP) is 2.88. The first-order chi connectivity index (χ1) is 6.53. The van der Waals surface area contributed by atoms with E-state index in [1.807, 2.05) is 0 Å². The summed E-state index contributed by atoms with van der Waals surface area (Å²) in [5.74, 6) is 0.125. The van der Waals surface area contributed by atoms with Gasteiger partial charge in [-0.25, -0.2) is 0 Å². The van der Waals surface area contributed by atoms with E-state index in [9.17, 15) is 13.2 Å². The number of rotatable bonds is 3. The molecule has 2 nitrogen and oxygen atoms in total. The van der Waals surface area contributed by atoms with Gasteiger partial charge in [-0.15, -0.1) is 0 Å². The first-order valence-corrected chi connectivity index (χ1v) is 4.16. The summed E-state index contributed by atoms with van der Waals surface area (Å²) >= 11 is 3.73. The molecule has 1 N–H and O–H groups in total. The first-order valence-electron chi connectivity index (χ1n) is 3.71. The average Bonchev–Trinajstić information content (AvgIpc) is 2.14. The lowest BCUT2D eigenvalue weighted by molar-refractivity contribution is -0.153. The zero-order valence-corrected chi connectivity index (χ0v) is 7.90. The molecule has 0 bridgehead atoms. The summed E-state index contributed by atoms with van der Waals surface area (Å²) in [7, 11) is 0. The van der Waals surface area contributed by atoms with E-state index in [-0.39, 0.29) is 5.75 Å². The molecule has 0 heterocycles. The van der Waals surface area contributed by atoms with Crippen LogP contribution in [0.25, 0.3) is 0 Å². The van der Waals surface area contributed by atoms with Crippen molar-refractivity contribution < 1.29 is 17.9 Å². The number of anilines is 1. The van der Waals surface area contributed by atoms with E-state index >= 15 is 0 Å². The molecule has 0 aliphatic carbocycles. The molecular formula is C8H8F3NOS. The molecule has 14 heavy (non-hydrogen) atoms. The fourth-order valence-corrected chi connectivity index (χ4v) is 1.03. The smallest absolute Gasteiger partial charge is 0.422 e. The first kappa shape index (κ1) is 11.0. The van der Waals surface area contributed by atoms with E-state index < -0.39 is 12.8 Å². The Labute approximate surface area is 84.6 Å². The van der Waals surface area contributed by atoms with Crippen LogP contribution in [0.3, 0.4) is 0 Å². The van der Waals surface area contributed by atoms with Crippen molar-refractivity contribution in [1.29, 1.82) is 0 Å². The normalized spacial score (nSPS) is 11.1. The van der Waals surface area contributed by atoms with Crippen LogP contribution in [0, 0.1) is 0 Å². The molecule has 0 unspecified atom stereocenters. The lowest BCUT2D eigenvalue weighted by atomic mass is 10.3. The minimum Gasteiger partial charge on any atom is -0.482 e. The lowest BCUT2D eigenvalue weighted by Crippen LogP contribution is -2.19. The van der Waals surface area contributed by atoms with Crippen LogP contribution in [-0.4, -0.2) is 12.8 Å². The highest BCUT2D eigenvalue weighted by atomic mass is 32.1. The van der Waals surface area contributed by atoms with Crippen LogP contribution in [0.5, 0.6) is 5.75 Å². The van der Waals surface area contributed by atoms with Crippen LogP contribution in [0.1, 0.15) is 0 Å². The van der Waals surface area contributed by atoms with E-state index in [1.165, 1.54) is 6.07 Å². The molecule has 1 aromatic carbocycles. The Morgan fingerprint density at radius 2 is 1.93 bits per heavy atom. The van der Waals surface area contributed by atoms with Crippen molar-refractivity contribution in [1.82, 2.24) is 0 Å². The van der Waals surface area contributed by atoms with E-state index in [0.717, 1.165) is 0 Å². The summed E-state index contributed by atoms with van der Waals surface area (Å²) in [5.41, 5.74) is 0.403. The van der Waals surface area contributed by atoms with Crippen molar-refractivity contribution >= 4 is 18.5 Å². The van der Waals surface area contributed by atoms with Crippen molar-refractivity contribution in [3.63, 3.8) is 0 Å². The maximum absolute atomic E-state index is 11.8. The molecule has 0 atom stereocenters. The van der Waals surface area contributed by atoms with Gasteiger partial charge in [-0.3, -0.25) is 0 Å². The number of ether oxygens (including phenoxy) is 1. The van der Waals surface area contributed by atoms with E-state index in [1.54, 1.807) is 18.2 Å². The van der Waals surface area contributed by atoms with Crippen LogP contribution in [0.4, 0.5) is 18.9 Å². The van der Waals surface area contributed by atoms with Gasteiger partial charge in [0.2, 0.25) is 0 Å². The zero-order valence-electron chi connectivity index (χ0n) is 7.01. The maximum atomic E-state index is 11.8. The van der Waals surface area contributed by atoms with Crippen molar-refractivity contribution in [2.75, 3.05) is 11.3 Å². The summed E-state index contributed by atoms with van der Waals surface area (Å²) in [6, 6.07) is 6.25. The second-order valence-corrected chi connectivity index (χ2v) is 2.74. The predicted molar refractivity (Wildman–Crippen MR) is 50.6 cm³/mol. The number of halogens is 3. The van der Waals surface area contributed by atoms with Gasteiger partial charge in [-0.2, -0.15) is 13.2 Å². The molecular weight excluding hydrogens is 215 g/mol. The highest BCUT2D eigenvalue weighted by Crippen LogP contribution is 2.26. The van der Waals surface area contributed by atoms with E-state index in [4.69, 9.17) is 0 Å². The fourth-order valence-electron chi connectivity index (χ4n) is 0.844. The van der Waals surface area contributed by atoms with Crippen molar-refractivity contribution in [2.45, 2.75) is 6.18 Å². The Kier molecular flexibility index (Phi) is 3.51. The van der Waals surface area contributed by atoms with Gasteiger partial charge in [0.25, 0.3) is 0 Å². The third kappa shape index (κ3) is 3.37. The summed E-state index contributed by atoms with van der Waals surface area (Å²) in [6.07, 6.45) is -4.33. The topological polar surface area (TPSA) is 21.3 Å². The Hall–Kier alpha value is -1.04. The standard InChI is InChI=1S/C8H8F3NOS/c9-8(10,11)5-13-7-4-2-1-3-6(7)12-14/h1-4,12,14H,5H2. The quantitative estimate of drug-likeness (QED) is 0.769. The molecule has 0 amide bonds. The number of para-hydroxylation sites is 2. The molecule has 0 fully saturated rings. The highest BCUT2D eigenvalue weighted by Gasteiger charge is 2.28. The Morgan fingerprint density at radius 3 is 2.50 bits per heavy atom. The molecule has 0 aliphatic heterocycles. The molecule has 0 radical (unpaired) electrons. The average molecular weight is 223 g/mol. The van der Waals surface area contributed by atoms with Crippen LogP contribution in [-0.2, 0) is 0 Å². The molecule has 0 spiro atoms. The van der Waals surface area contributed by atoms with Crippen molar-refractivity contribution in [3.8, 4) is 5.75 Å². The minimum absolute atomic E-state index is 0.125. The molecule has 78 valence electrons. The summed E-state index contributed by atoms with van der Waals surface area (Å²) in [6.45, 7) is -1.31. The van der Waals surface area contributed by atoms with Gasteiger partial charge in [0.15, 0.2) is 6.61 Å². The third-order valence-corrected chi connectivity index (χ3v) is 1.64. The number of hydrogen-bond donors (Lipinski definition) is 2. The third-order valence-electron chi connectivity index (χ3n) is 1.40. The lowest BCUT2D eigenvalue weighted by Gasteiger charge is -2.11. The summed E-state index contributed by atoms with van der Waals surface area (Å²) in [5, 5.41) is 0. The van der Waals surface area contributed by atoms with Gasteiger partial charge >= 0.3 is 6.18 Å². The van der Waals surface area contributed by atoms with Crippen LogP contribution >= 0.6 is 12.8 Å². The SMILES string of the molecule is FC(F)(F)COc1ccccc1NS. The second-order valence-electron chi connectivity index (χ2n) is 2.51. The number of benzene rings is 1. The number of hydrogen-bond acceptors (Lipinski definition) is 3. The molecule has 1 aromatic rings. The number of thiol groups is 1. The largest absolute Gasteiger partial charge is 0.482 e. The monoisotopic (exact) mass is 223 g/mol. The van der Waals surface area contributed by atoms with Crippen molar-refractivity contribution in [3.05, 3.63) is 24.3 Å². The molecule has 0 aliphatic rings. The second kappa shape index (κ2) is 4.45. The zero-order chi connectivity index (χ0) is 10.6. The minimum atomic E-state index is -4.33. The number of alkyl halides is 3. The maximum Gasteiger partial charge on any atom is 0.422 e. The van der Waals surface area contributed by atoms with Crippen LogP contribution < -0.4 is 9.46 Å². The molecule has 0 saturated carbocycles. The van der Waals surface area contributed by atoms with Gasteiger partial charge in [-0.1, -0.05) is 24.9 Å². The summed E-state index contributed by atoms with van der Waals surface area (Å²) < 4.78 is 42.4. The number of nitrogens with one attached hydrogen (secondary N) is 1. The van der Waals surface area contributed by atoms with Crippen molar-refractivity contribution in [2.24, 2.45) is 0 Å². The van der Waals surface area contributed by atoms with Gasteiger partial charge in [0, 0.05) is 0 Å². The summed E-state index contributed by atoms with van der Waals surface area (Å²) in [4.78, 5) is 0. The molecule has 0 saturated heterocycles. The van der Waals surface area contributed by atoms with E-state index in [2.05, 4.69) is 22.3 Å². The van der Waals surface area contributed by atoms with Gasteiger partial charge in [-0.05, 0) is 12.1 Å². The van der Waals surface area contributed by atoms with Crippen LogP contribution in [0.2, 0.25) is 0 Å². The Balaban J connectivity index is 2.67. The molecule has 1 rings (SSSR count). The Morgan fingerprint density at radius 1 is 1.29 bits per heavy atom. The Bertz CT molecular complexity index is 303.